The summed E-state index contributed by atoms with van der Waals surface area (Å²) in [4.78, 5) is 11.9. The number of rotatable bonds is 4. The largest absolute Gasteiger partial charge is 0.364 e. The molecule has 2 heterocycles. The zero-order chi connectivity index (χ0) is 13.8. The summed E-state index contributed by atoms with van der Waals surface area (Å²) in [6.07, 6.45) is 1.46. The van der Waals surface area contributed by atoms with Gasteiger partial charge >= 0.3 is 0 Å². The number of amides is 1. The molecular weight excluding hydrogens is 256 g/mol. The van der Waals surface area contributed by atoms with Crippen LogP contribution in [0, 0.1) is 0 Å². The van der Waals surface area contributed by atoms with Crippen LogP contribution in [0.1, 0.15) is 16.2 Å². The predicted octanol–water partition coefficient (Wildman–Crippen LogP) is 1.99. The van der Waals surface area contributed by atoms with Gasteiger partial charge in [0.05, 0.1) is 12.2 Å². The van der Waals surface area contributed by atoms with Gasteiger partial charge in [-0.25, -0.2) is 0 Å². The lowest BCUT2D eigenvalue weighted by molar-refractivity contribution is 0.0945. The number of benzene rings is 1. The number of nitrogens with one attached hydrogen (secondary N) is 2. The Kier molecular flexibility index (Phi) is 3.28. The molecule has 6 nitrogen and oxygen atoms in total. The van der Waals surface area contributed by atoms with Crippen molar-refractivity contribution in [2.75, 3.05) is 0 Å². The van der Waals surface area contributed by atoms with Crippen molar-refractivity contribution in [2.24, 2.45) is 0 Å². The molecule has 0 unspecified atom stereocenters. The Bertz CT molecular complexity index is 689. The normalized spacial score (nSPS) is 10.4. The number of hydrogen-bond acceptors (Lipinski definition) is 4. The van der Waals surface area contributed by atoms with E-state index in [0.717, 1.165) is 11.3 Å². The lowest BCUT2D eigenvalue weighted by Crippen LogP contribution is -2.23. The molecule has 0 spiro atoms. The lowest BCUT2D eigenvalue weighted by atomic mass is 10.1. The van der Waals surface area contributed by atoms with Gasteiger partial charge in [-0.1, -0.05) is 35.5 Å². The molecular formula is C14H12N4O2. The zero-order valence-electron chi connectivity index (χ0n) is 10.5. The minimum absolute atomic E-state index is 0.234. The van der Waals surface area contributed by atoms with Crippen molar-refractivity contribution in [3.8, 4) is 11.3 Å². The topological polar surface area (TPSA) is 83.8 Å². The molecule has 0 fully saturated rings. The number of nitrogens with zero attached hydrogens (tertiary/aromatic N) is 2. The Morgan fingerprint density at radius 2 is 2.10 bits per heavy atom. The van der Waals surface area contributed by atoms with Gasteiger partial charge in [-0.05, 0) is 6.07 Å². The second-order valence-corrected chi connectivity index (χ2v) is 4.21. The van der Waals surface area contributed by atoms with Crippen molar-refractivity contribution in [1.82, 2.24) is 20.7 Å². The van der Waals surface area contributed by atoms with Crippen LogP contribution in [0.4, 0.5) is 0 Å². The Morgan fingerprint density at radius 3 is 2.85 bits per heavy atom. The van der Waals surface area contributed by atoms with Crippen molar-refractivity contribution >= 4 is 5.91 Å². The van der Waals surface area contributed by atoms with E-state index in [4.69, 9.17) is 4.52 Å². The second-order valence-electron chi connectivity index (χ2n) is 4.21. The molecule has 0 aliphatic heterocycles. The molecule has 2 aromatic heterocycles. The Balaban J connectivity index is 1.69. The third kappa shape index (κ3) is 2.59. The van der Waals surface area contributed by atoms with Crippen LogP contribution in [-0.2, 0) is 6.54 Å². The van der Waals surface area contributed by atoms with Crippen LogP contribution < -0.4 is 5.32 Å². The van der Waals surface area contributed by atoms with Gasteiger partial charge in [-0.2, -0.15) is 5.10 Å². The number of H-pyrrole nitrogens is 1. The van der Waals surface area contributed by atoms with Crippen molar-refractivity contribution in [1.29, 1.82) is 0 Å². The van der Waals surface area contributed by atoms with E-state index in [2.05, 4.69) is 20.7 Å². The number of hydrogen-bond donors (Lipinski definition) is 2. The molecule has 1 aromatic carbocycles. The van der Waals surface area contributed by atoms with Crippen LogP contribution in [-0.4, -0.2) is 21.3 Å². The maximum Gasteiger partial charge on any atom is 0.269 e. The average Bonchev–Trinajstić information content (AvgIpc) is 3.17. The summed E-state index contributed by atoms with van der Waals surface area (Å²) in [5.74, 6) is -0.234. The van der Waals surface area contributed by atoms with Gasteiger partial charge < -0.3 is 9.84 Å². The van der Waals surface area contributed by atoms with E-state index in [-0.39, 0.29) is 5.91 Å². The van der Waals surface area contributed by atoms with Crippen molar-refractivity contribution < 1.29 is 9.32 Å². The molecule has 1 amide bonds. The summed E-state index contributed by atoms with van der Waals surface area (Å²) in [7, 11) is 0. The standard InChI is InChI=1S/C14H12N4O2/c19-14(15-9-11-6-7-20-18-11)13-8-12(16-17-13)10-4-2-1-3-5-10/h1-8H,9H2,(H,15,19)(H,16,17). The minimum Gasteiger partial charge on any atom is -0.364 e. The third-order valence-corrected chi connectivity index (χ3v) is 2.81. The zero-order valence-corrected chi connectivity index (χ0v) is 10.5. The number of aromatic amines is 1. The van der Waals surface area contributed by atoms with E-state index in [1.807, 2.05) is 30.3 Å². The van der Waals surface area contributed by atoms with E-state index < -0.39 is 0 Å². The van der Waals surface area contributed by atoms with Crippen molar-refractivity contribution in [3.63, 3.8) is 0 Å². The Labute approximate surface area is 114 Å². The molecule has 0 saturated carbocycles. The van der Waals surface area contributed by atoms with E-state index in [1.165, 1.54) is 6.26 Å². The number of carbonyl (C=O) groups is 1. The van der Waals surface area contributed by atoms with Crippen molar-refractivity contribution in [3.05, 3.63) is 60.1 Å². The van der Waals surface area contributed by atoms with Gasteiger partial charge in [0.15, 0.2) is 0 Å². The minimum atomic E-state index is -0.234. The van der Waals surface area contributed by atoms with E-state index >= 15 is 0 Å². The monoisotopic (exact) mass is 268 g/mol. The van der Waals surface area contributed by atoms with Crippen molar-refractivity contribution in [2.45, 2.75) is 6.54 Å². The maximum absolute atomic E-state index is 11.9. The highest BCUT2D eigenvalue weighted by molar-refractivity contribution is 5.93. The summed E-state index contributed by atoms with van der Waals surface area (Å²) in [5, 5.41) is 13.3. The summed E-state index contributed by atoms with van der Waals surface area (Å²) >= 11 is 0. The van der Waals surface area contributed by atoms with Gasteiger partial charge in [-0.3, -0.25) is 9.89 Å². The first-order valence-electron chi connectivity index (χ1n) is 6.11. The molecule has 0 atom stereocenters. The quantitative estimate of drug-likeness (QED) is 0.758. The van der Waals surface area contributed by atoms with Gasteiger partial charge in [0, 0.05) is 11.6 Å². The molecule has 0 radical (unpaired) electrons. The van der Waals surface area contributed by atoms with Gasteiger partial charge in [-0.15, -0.1) is 0 Å². The summed E-state index contributed by atoms with van der Waals surface area (Å²) < 4.78 is 4.69. The van der Waals surface area contributed by atoms with Crippen LogP contribution >= 0.6 is 0 Å². The molecule has 0 bridgehead atoms. The van der Waals surface area contributed by atoms with Crippen LogP contribution in [0.2, 0.25) is 0 Å². The first kappa shape index (κ1) is 12.2. The fraction of sp³-hybridized carbons (Fsp3) is 0.0714. The average molecular weight is 268 g/mol. The molecule has 2 N–H and O–H groups in total. The molecule has 100 valence electrons. The van der Waals surface area contributed by atoms with E-state index in [1.54, 1.807) is 12.1 Å². The Morgan fingerprint density at radius 1 is 1.25 bits per heavy atom. The fourth-order valence-corrected chi connectivity index (χ4v) is 1.79. The van der Waals surface area contributed by atoms with Crippen LogP contribution in [0.15, 0.2) is 53.3 Å². The smallest absolute Gasteiger partial charge is 0.269 e. The predicted molar refractivity (Wildman–Crippen MR) is 71.7 cm³/mol. The Hall–Kier alpha value is -2.89. The van der Waals surface area contributed by atoms with Gasteiger partial charge in [0.1, 0.15) is 17.7 Å². The summed E-state index contributed by atoms with van der Waals surface area (Å²) in [6, 6.07) is 13.1. The van der Waals surface area contributed by atoms with E-state index in [9.17, 15) is 4.79 Å². The highest BCUT2D eigenvalue weighted by Crippen LogP contribution is 2.16. The van der Waals surface area contributed by atoms with Crippen LogP contribution in [0.3, 0.4) is 0 Å². The number of aromatic nitrogens is 3. The third-order valence-electron chi connectivity index (χ3n) is 2.81. The SMILES string of the molecule is O=C(NCc1ccon1)c1cc(-c2ccccc2)n[nH]1. The first-order chi connectivity index (χ1) is 9.83. The molecule has 0 saturated heterocycles. The van der Waals surface area contributed by atoms with Crippen LogP contribution in [0.5, 0.6) is 0 Å². The fourth-order valence-electron chi connectivity index (χ4n) is 1.79. The van der Waals surface area contributed by atoms with Gasteiger partial charge in [0.2, 0.25) is 0 Å². The van der Waals surface area contributed by atoms with Gasteiger partial charge in [0.25, 0.3) is 5.91 Å². The van der Waals surface area contributed by atoms with Crippen LogP contribution in [0.25, 0.3) is 11.3 Å². The first-order valence-corrected chi connectivity index (χ1v) is 6.11. The molecule has 3 rings (SSSR count). The summed E-state index contributed by atoms with van der Waals surface area (Å²) in [6.45, 7) is 0.315. The maximum atomic E-state index is 11.9. The second kappa shape index (κ2) is 5.40. The molecule has 6 heteroatoms. The van der Waals surface area contributed by atoms with E-state index in [0.29, 0.717) is 17.9 Å². The highest BCUT2D eigenvalue weighted by atomic mass is 16.5. The highest BCUT2D eigenvalue weighted by Gasteiger charge is 2.11. The summed E-state index contributed by atoms with van der Waals surface area (Å²) in [5.41, 5.74) is 2.77. The lowest BCUT2D eigenvalue weighted by Gasteiger charge is -1.99. The molecule has 0 aliphatic carbocycles. The molecule has 3 aromatic rings. The number of carbonyl (C=O) groups excluding carboxylic acids is 1. The molecule has 0 aliphatic rings. The molecule has 20 heavy (non-hydrogen) atoms.